The predicted molar refractivity (Wildman–Crippen MR) is 240 cm³/mol. The number of thiophene rings is 1. The SMILES string of the molecule is Cc1c(-c2c(-c3ccc(F)cc3)sc3ncnc(OC(Cc4ccccc4OCc4ccnc(-c5cccc(S(=O)O)c5)n4)C(=O)O)c23)ccc(OCCN2CCN(C)CC2)c1Cl. The number of fused-ring (bicyclic) bond motifs is 1. The Bertz CT molecular complexity index is 2790. The van der Waals surface area contributed by atoms with Crippen molar-refractivity contribution in [1.82, 2.24) is 29.7 Å². The van der Waals surface area contributed by atoms with E-state index in [0.717, 1.165) is 54.3 Å². The highest BCUT2D eigenvalue weighted by Crippen LogP contribution is 2.49. The second kappa shape index (κ2) is 19.7. The summed E-state index contributed by atoms with van der Waals surface area (Å²) in [5.74, 6) is -0.250. The van der Waals surface area contributed by atoms with Gasteiger partial charge in [-0.25, -0.2) is 33.3 Å². The van der Waals surface area contributed by atoms with E-state index in [0.29, 0.717) is 61.6 Å². The van der Waals surface area contributed by atoms with Crippen molar-refractivity contribution in [2.75, 3.05) is 46.4 Å². The van der Waals surface area contributed by atoms with Crippen LogP contribution >= 0.6 is 22.9 Å². The second-order valence-corrected chi connectivity index (χ2v) is 17.3. The molecule has 1 fully saturated rings. The van der Waals surface area contributed by atoms with Gasteiger partial charge in [-0.2, -0.15) is 0 Å². The molecule has 0 aliphatic carbocycles. The van der Waals surface area contributed by atoms with Crippen LogP contribution in [0.3, 0.4) is 0 Å². The highest BCUT2D eigenvalue weighted by molar-refractivity contribution is 7.79. The molecule has 0 bridgehead atoms. The summed E-state index contributed by atoms with van der Waals surface area (Å²) in [6.07, 6.45) is 1.40. The van der Waals surface area contributed by atoms with Gasteiger partial charge in [0.25, 0.3) is 0 Å². The number of para-hydroxylation sites is 1. The molecule has 7 aromatic rings. The summed E-state index contributed by atoms with van der Waals surface area (Å²) < 4.78 is 54.2. The number of hydrogen-bond acceptors (Lipinski definition) is 12. The summed E-state index contributed by atoms with van der Waals surface area (Å²) >= 11 is 6.23. The Morgan fingerprint density at radius 1 is 0.937 bits per heavy atom. The van der Waals surface area contributed by atoms with E-state index < -0.39 is 23.2 Å². The normalized spacial score (nSPS) is 14.4. The first-order valence-electron chi connectivity index (χ1n) is 20.0. The van der Waals surface area contributed by atoms with E-state index in [2.05, 4.69) is 36.8 Å². The highest BCUT2D eigenvalue weighted by atomic mass is 35.5. The molecule has 1 saturated heterocycles. The molecule has 0 radical (unpaired) electrons. The molecular weight excluding hydrogens is 867 g/mol. The lowest BCUT2D eigenvalue weighted by atomic mass is 9.96. The number of halogens is 2. The van der Waals surface area contributed by atoms with Crippen LogP contribution in [0.25, 0.3) is 43.2 Å². The summed E-state index contributed by atoms with van der Waals surface area (Å²) in [7, 11) is 2.12. The van der Waals surface area contributed by atoms with Crippen molar-refractivity contribution < 1.29 is 37.3 Å². The number of carboxylic acid groups (broad SMARTS) is 1. The fraction of sp³-hybridized carbons (Fsp3) is 0.239. The molecule has 324 valence electrons. The summed E-state index contributed by atoms with van der Waals surface area (Å²) in [6, 6.07) is 25.1. The minimum absolute atomic E-state index is 0.0235. The van der Waals surface area contributed by atoms with Crippen molar-refractivity contribution in [2.24, 2.45) is 0 Å². The largest absolute Gasteiger partial charge is 0.491 e. The van der Waals surface area contributed by atoms with Crippen LogP contribution < -0.4 is 14.2 Å². The molecule has 4 aromatic carbocycles. The lowest BCUT2D eigenvalue weighted by Gasteiger charge is -2.32. The second-order valence-electron chi connectivity index (χ2n) is 14.9. The Morgan fingerprint density at radius 2 is 1.73 bits per heavy atom. The molecule has 8 rings (SSSR count). The summed E-state index contributed by atoms with van der Waals surface area (Å²) in [5.41, 5.74) is 4.48. The average molecular weight is 909 g/mol. The number of rotatable bonds is 16. The topological polar surface area (TPSA) is 160 Å². The Balaban J connectivity index is 1.07. The summed E-state index contributed by atoms with van der Waals surface area (Å²) in [5, 5.41) is 11.5. The summed E-state index contributed by atoms with van der Waals surface area (Å²) in [6.45, 7) is 7.11. The fourth-order valence-electron chi connectivity index (χ4n) is 7.29. The molecule has 2 unspecified atom stereocenters. The number of carboxylic acids is 1. The number of likely N-dealkylation sites (N-methyl/N-ethyl adjacent to an activating group) is 1. The van der Waals surface area contributed by atoms with Gasteiger partial charge in [-0.1, -0.05) is 60.1 Å². The van der Waals surface area contributed by atoms with Gasteiger partial charge < -0.3 is 28.8 Å². The quantitative estimate of drug-likeness (QED) is 0.0891. The Labute approximate surface area is 374 Å². The minimum atomic E-state index is -2.16. The van der Waals surface area contributed by atoms with Crippen LogP contribution in [0.1, 0.15) is 16.8 Å². The maximum atomic E-state index is 14.2. The number of aromatic nitrogens is 4. The van der Waals surface area contributed by atoms with E-state index in [9.17, 15) is 23.1 Å². The third-order valence-corrected chi connectivity index (χ3v) is 13.0. The standard InChI is InChI=1S/C46H42ClFN6O7S2/c1-28-35(14-15-37(41(28)47)59-23-22-54-20-18-53(2)19-21-54)39-40-44(50-27-51-45(40)62-42(39)29-10-12-32(48)13-11-29)61-38(46(55)56)25-30-6-3-4-9-36(30)60-26-33-16-17-49-43(52-33)31-7-5-8-34(24-31)63(57)58/h3-17,24,27,38H,18-23,25-26H2,1-2H3,(H,55,56)(H,57,58). The molecule has 1 aliphatic heterocycles. The van der Waals surface area contributed by atoms with Gasteiger partial charge in [0, 0.05) is 61.3 Å². The maximum absolute atomic E-state index is 14.2. The number of ether oxygens (including phenoxy) is 3. The predicted octanol–water partition coefficient (Wildman–Crippen LogP) is 8.44. The van der Waals surface area contributed by atoms with Crippen LogP contribution in [0.2, 0.25) is 5.02 Å². The number of hydrogen-bond donors (Lipinski definition) is 2. The molecular formula is C46H42ClFN6O7S2. The van der Waals surface area contributed by atoms with Gasteiger partial charge in [-0.3, -0.25) is 4.90 Å². The van der Waals surface area contributed by atoms with Crippen LogP contribution in [0.4, 0.5) is 4.39 Å². The van der Waals surface area contributed by atoms with Gasteiger partial charge in [-0.05, 0) is 78.7 Å². The molecule has 63 heavy (non-hydrogen) atoms. The van der Waals surface area contributed by atoms with E-state index in [4.69, 9.17) is 25.8 Å². The third-order valence-electron chi connectivity index (χ3n) is 10.7. The van der Waals surface area contributed by atoms with Gasteiger partial charge in [-0.15, -0.1) is 11.3 Å². The van der Waals surface area contributed by atoms with Gasteiger partial charge >= 0.3 is 5.97 Å². The molecule has 2 atom stereocenters. The molecule has 2 N–H and O–H groups in total. The smallest absolute Gasteiger partial charge is 0.345 e. The average Bonchev–Trinajstić information content (AvgIpc) is 3.68. The zero-order valence-electron chi connectivity index (χ0n) is 34.2. The van der Waals surface area contributed by atoms with E-state index >= 15 is 0 Å². The van der Waals surface area contributed by atoms with E-state index in [1.807, 2.05) is 19.1 Å². The number of aliphatic carboxylic acids is 1. The van der Waals surface area contributed by atoms with Crippen molar-refractivity contribution in [3.05, 3.63) is 131 Å². The van der Waals surface area contributed by atoms with Crippen LogP contribution in [-0.4, -0.2) is 102 Å². The number of nitrogens with zero attached hydrogens (tertiary/aromatic N) is 6. The van der Waals surface area contributed by atoms with Crippen LogP contribution in [0.15, 0.2) is 108 Å². The van der Waals surface area contributed by atoms with Crippen molar-refractivity contribution >= 4 is 50.2 Å². The molecule has 0 saturated carbocycles. The first kappa shape index (κ1) is 43.8. The van der Waals surface area contributed by atoms with E-state index in [1.165, 1.54) is 35.9 Å². The van der Waals surface area contributed by atoms with Crippen LogP contribution in [-0.2, 0) is 28.9 Å². The van der Waals surface area contributed by atoms with Gasteiger partial charge in [0.05, 0.1) is 21.0 Å². The monoisotopic (exact) mass is 908 g/mol. The molecule has 0 amide bonds. The number of carbonyl (C=O) groups is 1. The van der Waals surface area contributed by atoms with Crippen molar-refractivity contribution in [1.29, 1.82) is 0 Å². The number of benzene rings is 4. The van der Waals surface area contributed by atoms with Crippen LogP contribution in [0, 0.1) is 12.7 Å². The first-order chi connectivity index (χ1) is 30.5. The zero-order valence-corrected chi connectivity index (χ0v) is 36.6. The lowest BCUT2D eigenvalue weighted by Crippen LogP contribution is -2.45. The molecule has 4 heterocycles. The molecule has 13 nitrogen and oxygen atoms in total. The molecule has 3 aromatic heterocycles. The molecule has 17 heteroatoms. The highest BCUT2D eigenvalue weighted by Gasteiger charge is 2.28. The van der Waals surface area contributed by atoms with Crippen molar-refractivity contribution in [3.63, 3.8) is 0 Å². The molecule has 0 spiro atoms. The van der Waals surface area contributed by atoms with Crippen LogP contribution in [0.5, 0.6) is 17.4 Å². The van der Waals surface area contributed by atoms with Crippen molar-refractivity contribution in [2.45, 2.75) is 31.0 Å². The summed E-state index contributed by atoms with van der Waals surface area (Å²) in [4.78, 5) is 37.1. The van der Waals surface area contributed by atoms with E-state index in [-0.39, 0.29) is 29.6 Å². The van der Waals surface area contributed by atoms with Crippen molar-refractivity contribution in [3.8, 4) is 50.3 Å². The minimum Gasteiger partial charge on any atom is -0.491 e. The number of piperazine rings is 1. The van der Waals surface area contributed by atoms with Gasteiger partial charge in [0.2, 0.25) is 12.0 Å². The fourth-order valence-corrected chi connectivity index (χ4v) is 9.09. The third kappa shape index (κ3) is 10.2. The maximum Gasteiger partial charge on any atom is 0.345 e. The Kier molecular flexibility index (Phi) is 13.7. The van der Waals surface area contributed by atoms with Gasteiger partial charge in [0.1, 0.15) is 41.7 Å². The zero-order chi connectivity index (χ0) is 44.0. The Morgan fingerprint density at radius 3 is 2.51 bits per heavy atom. The van der Waals surface area contributed by atoms with Gasteiger partial charge in [0.15, 0.2) is 16.9 Å². The molecule has 1 aliphatic rings. The lowest BCUT2D eigenvalue weighted by molar-refractivity contribution is -0.145. The Hall–Kier alpha value is -5.88. The first-order valence-corrected chi connectivity index (χ1v) is 22.3. The van der Waals surface area contributed by atoms with E-state index in [1.54, 1.807) is 66.9 Å².